The normalized spacial score (nSPS) is 17.4. The van der Waals surface area contributed by atoms with E-state index in [4.69, 9.17) is 0 Å². The number of hydrogen-bond donors (Lipinski definition) is 0. The van der Waals surface area contributed by atoms with Crippen molar-refractivity contribution in [2.45, 2.75) is 65.7 Å². The van der Waals surface area contributed by atoms with E-state index in [-0.39, 0.29) is 0 Å². The van der Waals surface area contributed by atoms with Crippen LogP contribution in [0.25, 0.3) is 0 Å². The summed E-state index contributed by atoms with van der Waals surface area (Å²) in [5, 5.41) is 4.62. The highest BCUT2D eigenvalue weighted by atomic mass is 15.3. The smallest absolute Gasteiger partial charge is 0.0715 e. The molecule has 0 saturated heterocycles. The van der Waals surface area contributed by atoms with E-state index in [1.165, 1.54) is 42.6 Å². The fraction of sp³-hybridized carbons (Fsp3) is 0.786. The Balaban J connectivity index is 0.000000386. The second kappa shape index (κ2) is 5.03. The highest BCUT2D eigenvalue weighted by Gasteiger charge is 2.31. The summed E-state index contributed by atoms with van der Waals surface area (Å²) in [6.45, 7) is 11.0. The molecular weight excluding hydrogens is 196 g/mol. The van der Waals surface area contributed by atoms with Crippen LogP contribution in [-0.4, -0.2) is 9.78 Å². The average molecular weight is 222 g/mol. The van der Waals surface area contributed by atoms with Crippen LogP contribution in [0.3, 0.4) is 0 Å². The van der Waals surface area contributed by atoms with Gasteiger partial charge in [-0.15, -0.1) is 0 Å². The van der Waals surface area contributed by atoms with E-state index in [2.05, 4.69) is 39.7 Å². The van der Waals surface area contributed by atoms with Crippen LogP contribution in [0.1, 0.15) is 63.9 Å². The van der Waals surface area contributed by atoms with Crippen LogP contribution < -0.4 is 0 Å². The molecule has 0 aromatic carbocycles. The van der Waals surface area contributed by atoms with Gasteiger partial charge in [0.1, 0.15) is 0 Å². The zero-order chi connectivity index (χ0) is 12.3. The van der Waals surface area contributed by atoms with Crippen molar-refractivity contribution in [3.05, 3.63) is 17.0 Å². The molecule has 1 aliphatic carbocycles. The van der Waals surface area contributed by atoms with Crippen molar-refractivity contribution in [2.24, 2.45) is 7.05 Å². The number of fused-ring (bicyclic) bond motifs is 1. The zero-order valence-electron chi connectivity index (χ0n) is 11.7. The summed E-state index contributed by atoms with van der Waals surface area (Å²) in [5.74, 6) is 0. The first kappa shape index (κ1) is 13.3. The average Bonchev–Trinajstić information content (AvgIpc) is 2.47. The Bertz CT molecular complexity index is 348. The van der Waals surface area contributed by atoms with E-state index < -0.39 is 0 Å². The lowest BCUT2D eigenvalue weighted by molar-refractivity contribution is 0.417. The van der Waals surface area contributed by atoms with E-state index in [0.29, 0.717) is 5.41 Å². The first-order valence-electron chi connectivity index (χ1n) is 6.47. The molecule has 1 heterocycles. The quantitative estimate of drug-likeness (QED) is 0.653. The van der Waals surface area contributed by atoms with Gasteiger partial charge in [0, 0.05) is 18.2 Å². The molecular formula is C14H26N2. The van der Waals surface area contributed by atoms with Crippen LogP contribution in [0.2, 0.25) is 0 Å². The molecule has 2 rings (SSSR count). The van der Waals surface area contributed by atoms with E-state index in [1.807, 2.05) is 11.7 Å². The first-order valence-corrected chi connectivity index (χ1v) is 6.47. The number of aromatic nitrogens is 2. The maximum absolute atomic E-state index is 4.62. The van der Waals surface area contributed by atoms with Gasteiger partial charge < -0.3 is 0 Å². The molecule has 2 heteroatoms. The minimum Gasteiger partial charge on any atom is -0.272 e. The van der Waals surface area contributed by atoms with E-state index in [9.17, 15) is 0 Å². The van der Waals surface area contributed by atoms with Gasteiger partial charge >= 0.3 is 0 Å². The first-order chi connectivity index (χ1) is 7.44. The SMILES string of the molecule is CCC.Cc1c2c(nn1C)C(C)(C)CCC2. The summed E-state index contributed by atoms with van der Waals surface area (Å²) >= 11 is 0. The van der Waals surface area contributed by atoms with Crippen LogP contribution in [0.15, 0.2) is 0 Å². The molecule has 1 aromatic rings. The van der Waals surface area contributed by atoms with Crippen LogP contribution >= 0.6 is 0 Å². The number of rotatable bonds is 0. The maximum atomic E-state index is 4.62. The molecule has 1 aliphatic rings. The Kier molecular flexibility index (Phi) is 4.17. The molecule has 0 atom stereocenters. The maximum Gasteiger partial charge on any atom is 0.0715 e. The second-order valence-electron chi connectivity index (χ2n) is 5.48. The molecule has 0 aliphatic heterocycles. The van der Waals surface area contributed by atoms with Crippen molar-refractivity contribution in [2.75, 3.05) is 0 Å². The molecule has 0 bridgehead atoms. The molecule has 0 spiro atoms. The van der Waals surface area contributed by atoms with Crippen molar-refractivity contribution < 1.29 is 0 Å². The molecule has 92 valence electrons. The molecule has 0 unspecified atom stereocenters. The van der Waals surface area contributed by atoms with Crippen molar-refractivity contribution in [1.82, 2.24) is 9.78 Å². The van der Waals surface area contributed by atoms with E-state index in [0.717, 1.165) is 0 Å². The Hall–Kier alpha value is -0.790. The lowest BCUT2D eigenvalue weighted by Crippen LogP contribution is -2.23. The van der Waals surface area contributed by atoms with Gasteiger partial charge in [0.15, 0.2) is 0 Å². The fourth-order valence-corrected chi connectivity index (χ4v) is 2.32. The van der Waals surface area contributed by atoms with Gasteiger partial charge in [-0.05, 0) is 31.7 Å². The Morgan fingerprint density at radius 3 is 2.38 bits per heavy atom. The summed E-state index contributed by atoms with van der Waals surface area (Å²) in [7, 11) is 2.05. The zero-order valence-corrected chi connectivity index (χ0v) is 11.7. The molecule has 0 saturated carbocycles. The van der Waals surface area contributed by atoms with Crippen molar-refractivity contribution in [1.29, 1.82) is 0 Å². The van der Waals surface area contributed by atoms with Crippen LogP contribution in [0, 0.1) is 6.92 Å². The summed E-state index contributed by atoms with van der Waals surface area (Å²) in [6, 6.07) is 0. The van der Waals surface area contributed by atoms with Gasteiger partial charge in [-0.1, -0.05) is 34.1 Å². The van der Waals surface area contributed by atoms with Gasteiger partial charge in [-0.2, -0.15) is 5.10 Å². The Morgan fingerprint density at radius 1 is 1.31 bits per heavy atom. The summed E-state index contributed by atoms with van der Waals surface area (Å²) in [4.78, 5) is 0. The van der Waals surface area contributed by atoms with Crippen LogP contribution in [0.5, 0.6) is 0 Å². The number of hydrogen-bond acceptors (Lipinski definition) is 1. The van der Waals surface area contributed by atoms with Gasteiger partial charge in [0.05, 0.1) is 5.69 Å². The Morgan fingerprint density at radius 2 is 1.88 bits per heavy atom. The number of nitrogens with zero attached hydrogens (tertiary/aromatic N) is 2. The highest BCUT2D eigenvalue weighted by Crippen LogP contribution is 2.36. The molecule has 0 N–H and O–H groups in total. The van der Waals surface area contributed by atoms with Crippen molar-refractivity contribution in [3.63, 3.8) is 0 Å². The third-order valence-electron chi connectivity index (χ3n) is 3.33. The predicted octanol–water partition coefficient (Wildman–Crippen LogP) is 3.76. The highest BCUT2D eigenvalue weighted by molar-refractivity contribution is 5.33. The second-order valence-corrected chi connectivity index (χ2v) is 5.48. The lowest BCUT2D eigenvalue weighted by atomic mass is 9.76. The van der Waals surface area contributed by atoms with E-state index >= 15 is 0 Å². The molecule has 1 aromatic heterocycles. The predicted molar refractivity (Wildman–Crippen MR) is 69.9 cm³/mol. The standard InChI is InChI=1S/C11H18N2.C3H8/c1-8-9-6-5-7-11(2,3)10(9)12-13(8)4;1-3-2/h5-7H2,1-4H3;3H2,1-2H3. The lowest BCUT2D eigenvalue weighted by Gasteiger charge is -2.28. The van der Waals surface area contributed by atoms with Crippen molar-refractivity contribution in [3.8, 4) is 0 Å². The molecule has 0 radical (unpaired) electrons. The minimum absolute atomic E-state index is 0.291. The summed E-state index contributed by atoms with van der Waals surface area (Å²) in [6.07, 6.45) is 5.06. The summed E-state index contributed by atoms with van der Waals surface area (Å²) in [5.41, 5.74) is 4.47. The Labute approximate surface area is 100 Å². The molecule has 2 nitrogen and oxygen atoms in total. The monoisotopic (exact) mass is 222 g/mol. The third-order valence-corrected chi connectivity index (χ3v) is 3.33. The largest absolute Gasteiger partial charge is 0.272 e. The van der Waals surface area contributed by atoms with Crippen LogP contribution in [-0.2, 0) is 18.9 Å². The molecule has 16 heavy (non-hydrogen) atoms. The van der Waals surface area contributed by atoms with Gasteiger partial charge in [-0.25, -0.2) is 0 Å². The van der Waals surface area contributed by atoms with E-state index in [1.54, 1.807) is 0 Å². The van der Waals surface area contributed by atoms with Gasteiger partial charge in [0.25, 0.3) is 0 Å². The third kappa shape index (κ3) is 2.47. The minimum atomic E-state index is 0.291. The molecule has 0 amide bonds. The topological polar surface area (TPSA) is 17.8 Å². The van der Waals surface area contributed by atoms with Crippen molar-refractivity contribution >= 4 is 0 Å². The van der Waals surface area contributed by atoms with Gasteiger partial charge in [-0.3, -0.25) is 4.68 Å². The van der Waals surface area contributed by atoms with Crippen LogP contribution in [0.4, 0.5) is 0 Å². The fourth-order valence-electron chi connectivity index (χ4n) is 2.32. The molecule has 0 fully saturated rings. The van der Waals surface area contributed by atoms with Gasteiger partial charge in [0.2, 0.25) is 0 Å². The number of aryl methyl sites for hydroxylation is 1. The summed E-state index contributed by atoms with van der Waals surface area (Å²) < 4.78 is 2.03.